The number of benzene rings is 2. The van der Waals surface area contributed by atoms with E-state index in [1.165, 1.54) is 9.80 Å². The van der Waals surface area contributed by atoms with E-state index in [0.29, 0.717) is 41.0 Å². The number of alkyl halides is 3. The zero-order valence-electron chi connectivity index (χ0n) is 25.2. The Morgan fingerprint density at radius 3 is 2.57 bits per heavy atom. The molecule has 2 N–H and O–H groups in total. The lowest BCUT2D eigenvalue weighted by molar-refractivity contribution is 0.0684. The molecule has 47 heavy (non-hydrogen) atoms. The molecule has 1 saturated heterocycles. The molecule has 1 aromatic heterocycles. The van der Waals surface area contributed by atoms with Crippen LogP contribution in [0.2, 0.25) is 10.0 Å². The minimum absolute atomic E-state index is 0.0775. The topological polar surface area (TPSA) is 121 Å². The molecule has 2 aliphatic heterocycles. The van der Waals surface area contributed by atoms with Gasteiger partial charge in [0.25, 0.3) is 11.5 Å². The molecule has 0 bridgehead atoms. The molecular formula is C32H28Cl3F2N5O4S. The second kappa shape index (κ2) is 12.5. The Kier molecular flexibility index (Phi) is 8.89. The van der Waals surface area contributed by atoms with Gasteiger partial charge in [0.15, 0.2) is 0 Å². The van der Waals surface area contributed by atoms with Crippen LogP contribution in [0.3, 0.4) is 0 Å². The van der Waals surface area contributed by atoms with Gasteiger partial charge < -0.3 is 19.9 Å². The minimum Gasteiger partial charge on any atom is -0.505 e. The van der Waals surface area contributed by atoms with Gasteiger partial charge in [0.05, 0.1) is 34.3 Å². The van der Waals surface area contributed by atoms with Gasteiger partial charge in [-0.2, -0.15) is 14.0 Å². The zero-order chi connectivity index (χ0) is 33.9. The zero-order valence-corrected chi connectivity index (χ0v) is 28.3. The van der Waals surface area contributed by atoms with E-state index in [1.54, 1.807) is 32.0 Å². The van der Waals surface area contributed by atoms with E-state index in [-0.39, 0.29) is 50.6 Å². The van der Waals surface area contributed by atoms with E-state index in [4.69, 9.17) is 34.8 Å². The summed E-state index contributed by atoms with van der Waals surface area (Å²) in [5.41, 5.74) is -0.112. The van der Waals surface area contributed by atoms with Crippen molar-refractivity contribution in [3.63, 3.8) is 0 Å². The van der Waals surface area contributed by atoms with Crippen LogP contribution in [0.4, 0.5) is 19.3 Å². The first kappa shape index (κ1) is 33.4. The largest absolute Gasteiger partial charge is 0.505 e. The summed E-state index contributed by atoms with van der Waals surface area (Å²) in [6, 6.07) is 6.95. The number of carbonyl (C=O) groups is 2. The van der Waals surface area contributed by atoms with Crippen LogP contribution in [0.25, 0.3) is 0 Å². The second-order valence-electron chi connectivity index (χ2n) is 11.8. The Labute approximate surface area is 288 Å². The standard InChI is InChI=1S/C32H28Cl3F2N5O4S/c1-15-4-7-19(33)28(26(15)34)47-22-13-23(32(35,36)37)39-29(44)25(22)30(45)42-14-17-12-21(27(43)16(2)24(17)20(42)8-9-38)41-11-3-10-40(31(41)46)18-5-6-18/h4,7,12-13,18,20,43H,3,5-6,8,10-11,14H2,1-2H3,(H,39,44). The van der Waals surface area contributed by atoms with Crippen LogP contribution in [0.15, 0.2) is 38.9 Å². The molecular weight excluding hydrogens is 695 g/mol. The molecule has 3 aromatic rings. The van der Waals surface area contributed by atoms with Crippen LogP contribution in [0, 0.1) is 25.2 Å². The minimum atomic E-state index is -3.96. The van der Waals surface area contributed by atoms with Gasteiger partial charge in [0.2, 0.25) is 0 Å². The van der Waals surface area contributed by atoms with Crippen molar-refractivity contribution in [3.05, 3.63) is 78.2 Å². The summed E-state index contributed by atoms with van der Waals surface area (Å²) in [5.74, 6) is -0.984. The number of anilines is 1. The number of H-pyrrole nitrogens is 1. The molecule has 3 heterocycles. The molecule has 1 unspecified atom stereocenters. The number of aromatic nitrogens is 1. The van der Waals surface area contributed by atoms with Gasteiger partial charge in [-0.1, -0.05) is 41.0 Å². The van der Waals surface area contributed by atoms with E-state index < -0.39 is 34.1 Å². The van der Waals surface area contributed by atoms with Gasteiger partial charge in [0.1, 0.15) is 17.0 Å². The first-order chi connectivity index (χ1) is 22.2. The highest BCUT2D eigenvalue weighted by molar-refractivity contribution is 7.99. The maximum Gasteiger partial charge on any atom is 0.362 e. The molecule has 246 valence electrons. The summed E-state index contributed by atoms with van der Waals surface area (Å²) in [7, 11) is 0. The Hall–Kier alpha value is -3.50. The van der Waals surface area contributed by atoms with E-state index in [0.717, 1.165) is 37.1 Å². The fourth-order valence-corrected chi connectivity index (χ4v) is 8.08. The molecule has 0 radical (unpaired) electrons. The summed E-state index contributed by atoms with van der Waals surface area (Å²) in [6.45, 7) is 4.32. The Morgan fingerprint density at radius 1 is 1.19 bits per heavy atom. The monoisotopic (exact) mass is 721 g/mol. The number of hydrogen-bond donors (Lipinski definition) is 2. The van der Waals surface area contributed by atoms with Gasteiger partial charge in [0, 0.05) is 35.5 Å². The van der Waals surface area contributed by atoms with Crippen molar-refractivity contribution in [2.24, 2.45) is 0 Å². The lowest BCUT2D eigenvalue weighted by Crippen LogP contribution is -2.50. The number of pyridine rings is 1. The van der Waals surface area contributed by atoms with Gasteiger partial charge in [-0.25, -0.2) is 4.79 Å². The van der Waals surface area contributed by atoms with Crippen molar-refractivity contribution in [1.29, 1.82) is 5.26 Å². The summed E-state index contributed by atoms with van der Waals surface area (Å²) in [6.07, 6.45) is 2.40. The second-order valence-corrected chi connectivity index (χ2v) is 14.1. The number of aromatic amines is 1. The van der Waals surface area contributed by atoms with Gasteiger partial charge >= 0.3 is 11.4 Å². The maximum absolute atomic E-state index is 14.4. The fourth-order valence-electron chi connectivity index (χ4n) is 6.28. The summed E-state index contributed by atoms with van der Waals surface area (Å²) in [4.78, 5) is 47.9. The molecule has 0 spiro atoms. The number of halogens is 5. The van der Waals surface area contributed by atoms with Crippen LogP contribution in [-0.4, -0.2) is 51.0 Å². The van der Waals surface area contributed by atoms with E-state index in [9.17, 15) is 33.5 Å². The quantitative estimate of drug-likeness (QED) is 0.240. The summed E-state index contributed by atoms with van der Waals surface area (Å²) in [5, 5.41) is 17.6. The first-order valence-corrected chi connectivity index (χ1v) is 16.8. The number of fused-ring (bicyclic) bond motifs is 1. The normalized spacial score (nSPS) is 18.0. The molecule has 1 aliphatic carbocycles. The molecule has 1 atom stereocenters. The number of phenolic OH excluding ortho intramolecular Hbond substituents is 1. The Morgan fingerprint density at radius 2 is 1.91 bits per heavy atom. The van der Waals surface area contributed by atoms with E-state index in [1.807, 2.05) is 9.88 Å². The molecule has 2 fully saturated rings. The number of aryl methyl sites for hydroxylation is 1. The number of urea groups is 1. The fraction of sp³-hybridized carbons (Fsp3) is 0.375. The molecule has 15 heteroatoms. The van der Waals surface area contributed by atoms with Crippen LogP contribution in [0.5, 0.6) is 5.75 Å². The smallest absolute Gasteiger partial charge is 0.362 e. The predicted octanol–water partition coefficient (Wildman–Crippen LogP) is 7.85. The molecule has 3 amide bonds. The van der Waals surface area contributed by atoms with Gasteiger partial charge in [-0.15, -0.1) is 0 Å². The van der Waals surface area contributed by atoms with Gasteiger partial charge in [-0.05, 0) is 85.2 Å². The summed E-state index contributed by atoms with van der Waals surface area (Å²) < 4.78 is 28.5. The highest BCUT2D eigenvalue weighted by Crippen LogP contribution is 2.48. The SMILES string of the molecule is Cc1ccc(Cl)c(Sc2cc(C(F)(F)Cl)[nH]c(=O)c2C(=O)N2Cc3cc(N4CCCN(C5CC5)C4=O)c(O)c(C)c3C2CC#N)c1Cl. The maximum atomic E-state index is 14.4. The lowest BCUT2D eigenvalue weighted by Gasteiger charge is -2.36. The molecule has 9 nitrogen and oxygen atoms in total. The molecule has 6 rings (SSSR count). The number of nitrogens with one attached hydrogen (secondary N) is 1. The number of amides is 3. The number of nitriles is 1. The average Bonchev–Trinajstić information content (AvgIpc) is 3.80. The number of nitrogens with zero attached hydrogens (tertiary/aromatic N) is 4. The highest BCUT2D eigenvalue weighted by Gasteiger charge is 2.42. The highest BCUT2D eigenvalue weighted by atomic mass is 35.5. The Balaban J connectivity index is 1.43. The van der Waals surface area contributed by atoms with Crippen molar-refractivity contribution >= 4 is 64.2 Å². The van der Waals surface area contributed by atoms with Crippen LogP contribution >= 0.6 is 46.6 Å². The number of phenols is 1. The third kappa shape index (κ3) is 6.03. The van der Waals surface area contributed by atoms with Crippen LogP contribution in [-0.2, 0) is 11.9 Å². The number of rotatable bonds is 7. The van der Waals surface area contributed by atoms with Crippen LogP contribution < -0.4 is 10.5 Å². The van der Waals surface area contributed by atoms with Crippen molar-refractivity contribution in [2.75, 3.05) is 18.0 Å². The van der Waals surface area contributed by atoms with Crippen molar-refractivity contribution < 1.29 is 23.5 Å². The summed E-state index contributed by atoms with van der Waals surface area (Å²) >= 11 is 19.0. The number of hydrogen-bond acceptors (Lipinski definition) is 6. The Bertz CT molecular complexity index is 1920. The third-order valence-corrected chi connectivity index (χ3v) is 11.2. The molecule has 1 saturated carbocycles. The van der Waals surface area contributed by atoms with E-state index >= 15 is 0 Å². The first-order valence-electron chi connectivity index (χ1n) is 14.8. The average molecular weight is 723 g/mol. The van der Waals surface area contributed by atoms with Crippen molar-refractivity contribution in [2.45, 2.75) is 73.3 Å². The van der Waals surface area contributed by atoms with Gasteiger partial charge in [-0.3, -0.25) is 14.5 Å². The van der Waals surface area contributed by atoms with Crippen LogP contribution in [0.1, 0.15) is 70.0 Å². The third-order valence-electron chi connectivity index (χ3n) is 8.76. The number of carbonyl (C=O) groups excluding carboxylic acids is 2. The predicted molar refractivity (Wildman–Crippen MR) is 175 cm³/mol. The van der Waals surface area contributed by atoms with Crippen molar-refractivity contribution in [1.82, 2.24) is 14.8 Å². The molecule has 3 aliphatic rings. The van der Waals surface area contributed by atoms with Crippen molar-refractivity contribution in [3.8, 4) is 11.8 Å². The molecule has 2 aromatic carbocycles. The lowest BCUT2D eigenvalue weighted by atomic mass is 9.95. The number of aromatic hydroxyl groups is 1. The van der Waals surface area contributed by atoms with E-state index in [2.05, 4.69) is 6.07 Å².